The highest BCUT2D eigenvalue weighted by molar-refractivity contribution is 5.40. The number of ether oxygens (including phenoxy) is 1. The van der Waals surface area contributed by atoms with E-state index in [0.29, 0.717) is 6.07 Å². The van der Waals surface area contributed by atoms with Crippen molar-refractivity contribution in [3.63, 3.8) is 0 Å². The van der Waals surface area contributed by atoms with Gasteiger partial charge in [0.25, 0.3) is 0 Å². The molecule has 0 radical (unpaired) electrons. The number of hydrogen-bond donors (Lipinski definition) is 1. The summed E-state index contributed by atoms with van der Waals surface area (Å²) in [6, 6.07) is 2.21. The molecule has 1 aromatic rings. The van der Waals surface area contributed by atoms with Crippen LogP contribution in [0.5, 0.6) is 11.6 Å². The molecule has 1 heterocycles. The van der Waals surface area contributed by atoms with E-state index in [-0.39, 0.29) is 5.69 Å². The number of aromatic hydroxyl groups is 1. The summed E-state index contributed by atoms with van der Waals surface area (Å²) < 4.78 is 51.6. The quantitative estimate of drug-likeness (QED) is 0.835. The lowest BCUT2D eigenvalue weighted by Gasteiger charge is -2.11. The van der Waals surface area contributed by atoms with E-state index in [0.717, 1.165) is 0 Å². The van der Waals surface area contributed by atoms with E-state index in [1.807, 2.05) is 0 Å². The van der Waals surface area contributed by atoms with Crippen molar-refractivity contribution in [3.05, 3.63) is 17.3 Å². The Morgan fingerprint density at radius 2 is 2.12 bits per heavy atom. The Balaban J connectivity index is 3.16. The minimum atomic E-state index is -4.97. The largest absolute Gasteiger partial charge is 0.574 e. The molecule has 0 unspecified atom stereocenters. The lowest BCUT2D eigenvalue weighted by Crippen LogP contribution is -2.18. The van der Waals surface area contributed by atoms with Crippen LogP contribution in [-0.2, 0) is 13.1 Å². The molecule has 4 nitrogen and oxygen atoms in total. The standard InChI is InChI=1S/C9H6F4N2O2/c10-4-5-3-7(17-9(11,12)13)15-6(1-2-14)8(5)16/h3,16H,1,4H2. The third-order valence-electron chi connectivity index (χ3n) is 1.73. The van der Waals surface area contributed by atoms with Crippen molar-refractivity contribution < 1.29 is 27.4 Å². The van der Waals surface area contributed by atoms with Crippen molar-refractivity contribution in [2.75, 3.05) is 0 Å². The van der Waals surface area contributed by atoms with E-state index in [1.54, 1.807) is 6.07 Å². The molecule has 0 spiro atoms. The Bertz CT molecular complexity index is 454. The smallest absolute Gasteiger partial charge is 0.506 e. The third kappa shape index (κ3) is 3.48. The Kier molecular flexibility index (Phi) is 3.73. The van der Waals surface area contributed by atoms with Gasteiger partial charge < -0.3 is 9.84 Å². The fraction of sp³-hybridized carbons (Fsp3) is 0.333. The second-order valence-electron chi connectivity index (χ2n) is 2.93. The zero-order chi connectivity index (χ0) is 13.1. The minimum Gasteiger partial charge on any atom is -0.506 e. The van der Waals surface area contributed by atoms with Crippen LogP contribution in [-0.4, -0.2) is 16.5 Å². The zero-order valence-electron chi connectivity index (χ0n) is 8.25. The fourth-order valence-corrected chi connectivity index (χ4v) is 1.09. The average molecular weight is 250 g/mol. The number of nitrogens with zero attached hydrogens (tertiary/aromatic N) is 2. The normalized spacial score (nSPS) is 11.0. The summed E-state index contributed by atoms with van der Waals surface area (Å²) in [5.74, 6) is -1.54. The number of nitriles is 1. The van der Waals surface area contributed by atoms with Gasteiger partial charge in [-0.3, -0.25) is 0 Å². The molecule has 0 bridgehead atoms. The van der Waals surface area contributed by atoms with Gasteiger partial charge in [-0.1, -0.05) is 0 Å². The summed E-state index contributed by atoms with van der Waals surface area (Å²) >= 11 is 0. The van der Waals surface area contributed by atoms with E-state index in [9.17, 15) is 22.7 Å². The average Bonchev–Trinajstić information content (AvgIpc) is 2.20. The Morgan fingerprint density at radius 3 is 2.59 bits per heavy atom. The van der Waals surface area contributed by atoms with Crippen LogP contribution in [0.3, 0.4) is 0 Å². The number of pyridine rings is 1. The first-order chi connectivity index (χ1) is 7.87. The number of aromatic nitrogens is 1. The topological polar surface area (TPSA) is 66.1 Å². The van der Waals surface area contributed by atoms with Crippen LogP contribution in [0.15, 0.2) is 6.07 Å². The van der Waals surface area contributed by atoms with Gasteiger partial charge in [0.05, 0.1) is 12.5 Å². The van der Waals surface area contributed by atoms with Crippen LogP contribution in [0.25, 0.3) is 0 Å². The van der Waals surface area contributed by atoms with Gasteiger partial charge in [0.1, 0.15) is 18.1 Å². The third-order valence-corrected chi connectivity index (χ3v) is 1.73. The van der Waals surface area contributed by atoms with Gasteiger partial charge in [0, 0.05) is 11.6 Å². The highest BCUT2D eigenvalue weighted by Crippen LogP contribution is 2.29. The summed E-state index contributed by atoms with van der Waals surface area (Å²) in [7, 11) is 0. The van der Waals surface area contributed by atoms with Crippen LogP contribution in [0.4, 0.5) is 17.6 Å². The van der Waals surface area contributed by atoms with E-state index < -0.39 is 36.7 Å². The van der Waals surface area contributed by atoms with Crippen molar-refractivity contribution >= 4 is 0 Å². The maximum Gasteiger partial charge on any atom is 0.574 e. The summed E-state index contributed by atoms with van der Waals surface area (Å²) in [4.78, 5) is 3.27. The molecule has 0 saturated carbocycles. The lowest BCUT2D eigenvalue weighted by molar-refractivity contribution is -0.276. The molecule has 0 aliphatic carbocycles. The maximum atomic E-state index is 12.4. The predicted molar refractivity (Wildman–Crippen MR) is 46.7 cm³/mol. The molecule has 0 fully saturated rings. The van der Waals surface area contributed by atoms with E-state index in [1.165, 1.54) is 0 Å². The van der Waals surface area contributed by atoms with Gasteiger partial charge in [-0.15, -0.1) is 13.2 Å². The second kappa shape index (κ2) is 4.86. The molecule has 0 amide bonds. The van der Waals surface area contributed by atoms with E-state index in [2.05, 4.69) is 9.72 Å². The monoisotopic (exact) mass is 250 g/mol. The minimum absolute atomic E-state index is 0.359. The Labute approximate surface area is 93.1 Å². The van der Waals surface area contributed by atoms with Crippen molar-refractivity contribution in [2.45, 2.75) is 19.5 Å². The number of halogens is 4. The summed E-state index contributed by atoms with van der Waals surface area (Å²) in [5.41, 5.74) is -0.772. The molecule has 1 rings (SSSR count). The molecule has 1 aromatic heterocycles. The van der Waals surface area contributed by atoms with Crippen molar-refractivity contribution in [1.29, 1.82) is 5.26 Å². The molecule has 0 aliphatic heterocycles. The SMILES string of the molecule is N#CCc1nc(OC(F)(F)F)cc(CF)c1O. The predicted octanol–water partition coefficient (Wildman–Crippen LogP) is 2.22. The fourth-order valence-electron chi connectivity index (χ4n) is 1.09. The number of rotatable bonds is 3. The molecular weight excluding hydrogens is 244 g/mol. The van der Waals surface area contributed by atoms with Gasteiger partial charge in [0.15, 0.2) is 0 Å². The highest BCUT2D eigenvalue weighted by Gasteiger charge is 2.32. The van der Waals surface area contributed by atoms with E-state index in [4.69, 9.17) is 5.26 Å². The molecule has 0 aromatic carbocycles. The Hall–Kier alpha value is -2.04. The molecule has 1 N–H and O–H groups in total. The van der Waals surface area contributed by atoms with Crippen molar-refractivity contribution in [2.24, 2.45) is 0 Å². The first-order valence-corrected chi connectivity index (χ1v) is 4.27. The molecule has 8 heteroatoms. The number of hydrogen-bond acceptors (Lipinski definition) is 4. The summed E-state index contributed by atoms with van der Waals surface area (Å²) in [5, 5.41) is 17.7. The van der Waals surface area contributed by atoms with Crippen molar-refractivity contribution in [1.82, 2.24) is 4.98 Å². The lowest BCUT2D eigenvalue weighted by atomic mass is 10.2. The van der Waals surface area contributed by atoms with Crippen LogP contribution in [0.1, 0.15) is 11.3 Å². The molecule has 0 aliphatic rings. The van der Waals surface area contributed by atoms with Crippen LogP contribution >= 0.6 is 0 Å². The Morgan fingerprint density at radius 1 is 1.47 bits per heavy atom. The summed E-state index contributed by atoms with van der Waals surface area (Å²) in [6.07, 6.45) is -5.42. The first kappa shape index (κ1) is 13.0. The van der Waals surface area contributed by atoms with Gasteiger partial charge >= 0.3 is 6.36 Å². The van der Waals surface area contributed by atoms with Gasteiger partial charge in [-0.25, -0.2) is 9.37 Å². The number of alkyl halides is 4. The molecule has 92 valence electrons. The maximum absolute atomic E-state index is 12.4. The van der Waals surface area contributed by atoms with Gasteiger partial charge in [-0.05, 0) is 0 Å². The van der Waals surface area contributed by atoms with Crippen LogP contribution < -0.4 is 4.74 Å². The van der Waals surface area contributed by atoms with Crippen LogP contribution in [0, 0.1) is 11.3 Å². The van der Waals surface area contributed by atoms with Crippen molar-refractivity contribution in [3.8, 4) is 17.7 Å². The van der Waals surface area contributed by atoms with Crippen LogP contribution in [0.2, 0.25) is 0 Å². The molecule has 0 saturated heterocycles. The molecule has 0 atom stereocenters. The molecular formula is C9H6F4N2O2. The highest BCUT2D eigenvalue weighted by atomic mass is 19.4. The summed E-state index contributed by atoms with van der Waals surface area (Å²) in [6.45, 7) is -1.19. The van der Waals surface area contributed by atoms with Gasteiger partial charge in [-0.2, -0.15) is 5.26 Å². The van der Waals surface area contributed by atoms with E-state index >= 15 is 0 Å². The zero-order valence-corrected chi connectivity index (χ0v) is 8.25. The van der Waals surface area contributed by atoms with Gasteiger partial charge in [0.2, 0.25) is 5.88 Å². The first-order valence-electron chi connectivity index (χ1n) is 4.27. The second-order valence-corrected chi connectivity index (χ2v) is 2.93. The molecule has 17 heavy (non-hydrogen) atoms.